The van der Waals surface area contributed by atoms with Crippen molar-refractivity contribution in [1.82, 2.24) is 0 Å². The van der Waals surface area contributed by atoms with Gasteiger partial charge in [-0.25, -0.2) is 0 Å². The third kappa shape index (κ3) is 3.78. The average molecular weight is 494 g/mol. The Hall–Kier alpha value is -0.300. The summed E-state index contributed by atoms with van der Waals surface area (Å²) in [5.74, 6) is 0.893. The summed E-state index contributed by atoms with van der Waals surface area (Å²) in [5.41, 5.74) is 2.23. The second-order valence-electron chi connectivity index (χ2n) is 5.17. The van der Waals surface area contributed by atoms with Crippen LogP contribution in [0.25, 0.3) is 0 Å². The predicted molar refractivity (Wildman–Crippen MR) is 101 cm³/mol. The van der Waals surface area contributed by atoms with Crippen LogP contribution in [0.2, 0.25) is 5.02 Å². The molecule has 1 aliphatic rings. The van der Waals surface area contributed by atoms with Gasteiger partial charge >= 0.3 is 0 Å². The summed E-state index contributed by atoms with van der Waals surface area (Å²) in [6, 6.07) is 14.1. The lowest BCUT2D eigenvalue weighted by Crippen LogP contribution is -2.17. The smallest absolute Gasteiger partial charge is 0.125 e. The van der Waals surface area contributed by atoms with E-state index in [9.17, 15) is 0 Å². The maximum absolute atomic E-state index is 6.35. The Kier molecular flexibility index (Phi) is 5.65. The van der Waals surface area contributed by atoms with E-state index in [0.29, 0.717) is 6.61 Å². The van der Waals surface area contributed by atoms with Crippen LogP contribution in [0.15, 0.2) is 46.9 Å². The van der Waals surface area contributed by atoms with Crippen LogP contribution in [0.5, 0.6) is 5.75 Å². The van der Waals surface area contributed by atoms with E-state index in [4.69, 9.17) is 21.1 Å². The number of rotatable bonds is 4. The zero-order chi connectivity index (χ0) is 15.5. The Bertz CT molecular complexity index is 659. The van der Waals surface area contributed by atoms with Crippen molar-refractivity contribution in [2.75, 3.05) is 13.2 Å². The lowest BCUT2D eigenvalue weighted by Gasteiger charge is -2.20. The van der Waals surface area contributed by atoms with Crippen LogP contribution in [0, 0.1) is 0 Å². The van der Waals surface area contributed by atoms with Crippen molar-refractivity contribution in [3.8, 4) is 5.75 Å². The highest BCUT2D eigenvalue weighted by Gasteiger charge is 2.22. The van der Waals surface area contributed by atoms with Gasteiger partial charge in [0.05, 0.1) is 17.1 Å². The number of ether oxygens (including phenoxy) is 2. The van der Waals surface area contributed by atoms with E-state index >= 15 is 0 Å². The van der Waals surface area contributed by atoms with E-state index < -0.39 is 0 Å². The molecule has 0 radical (unpaired) electrons. The van der Waals surface area contributed by atoms with Crippen LogP contribution in [-0.4, -0.2) is 19.3 Å². The van der Waals surface area contributed by atoms with E-state index in [0.717, 1.165) is 39.4 Å². The lowest BCUT2D eigenvalue weighted by atomic mass is 10.0. The van der Waals surface area contributed by atoms with E-state index in [1.54, 1.807) is 0 Å². The molecule has 1 heterocycles. The summed E-state index contributed by atoms with van der Waals surface area (Å²) in [4.78, 5) is 0. The minimum Gasteiger partial charge on any atom is -0.488 e. The van der Waals surface area contributed by atoms with Crippen molar-refractivity contribution in [2.45, 2.75) is 16.4 Å². The first-order valence-corrected chi connectivity index (χ1v) is 9.49. The largest absolute Gasteiger partial charge is 0.488 e. The monoisotopic (exact) mass is 492 g/mol. The molecule has 2 aromatic carbocycles. The van der Waals surface area contributed by atoms with Crippen molar-refractivity contribution in [3.63, 3.8) is 0 Å². The molecule has 2 nitrogen and oxygen atoms in total. The van der Waals surface area contributed by atoms with Gasteiger partial charge in [-0.1, -0.05) is 74.4 Å². The SMILES string of the molecule is Clc1ccccc1C(I)c1ccc(Br)cc1OC1CCOC1. The summed E-state index contributed by atoms with van der Waals surface area (Å²) in [6.45, 7) is 1.43. The summed E-state index contributed by atoms with van der Waals surface area (Å²) in [6.07, 6.45) is 1.06. The van der Waals surface area contributed by atoms with Gasteiger partial charge in [0.2, 0.25) is 0 Å². The van der Waals surface area contributed by atoms with Crippen molar-refractivity contribution in [2.24, 2.45) is 0 Å². The zero-order valence-corrected chi connectivity index (χ0v) is 16.3. The second-order valence-corrected chi connectivity index (χ2v) is 7.74. The van der Waals surface area contributed by atoms with Gasteiger partial charge in [0.25, 0.3) is 0 Å². The Balaban J connectivity index is 1.93. The van der Waals surface area contributed by atoms with E-state index in [2.05, 4.69) is 50.7 Å². The number of halogens is 3. The fourth-order valence-electron chi connectivity index (χ4n) is 2.45. The van der Waals surface area contributed by atoms with Gasteiger partial charge in [0.1, 0.15) is 11.9 Å². The molecule has 22 heavy (non-hydrogen) atoms. The number of benzene rings is 2. The minimum atomic E-state index is 0.128. The minimum absolute atomic E-state index is 0.128. The first-order chi connectivity index (χ1) is 10.6. The molecule has 1 fully saturated rings. The van der Waals surface area contributed by atoms with Gasteiger partial charge in [-0.2, -0.15) is 0 Å². The van der Waals surface area contributed by atoms with Gasteiger partial charge in [-0.15, -0.1) is 0 Å². The Morgan fingerprint density at radius 1 is 1.23 bits per heavy atom. The topological polar surface area (TPSA) is 18.5 Å². The Morgan fingerprint density at radius 2 is 2.05 bits per heavy atom. The quantitative estimate of drug-likeness (QED) is 0.396. The van der Waals surface area contributed by atoms with Crippen molar-refractivity contribution >= 4 is 50.1 Å². The van der Waals surface area contributed by atoms with Gasteiger partial charge in [-0.3, -0.25) is 0 Å². The Morgan fingerprint density at radius 3 is 2.77 bits per heavy atom. The summed E-state index contributed by atoms with van der Waals surface area (Å²) >= 11 is 12.3. The van der Waals surface area contributed by atoms with Gasteiger partial charge in [0.15, 0.2) is 0 Å². The maximum atomic E-state index is 6.35. The van der Waals surface area contributed by atoms with Crippen LogP contribution in [0.1, 0.15) is 21.5 Å². The first-order valence-electron chi connectivity index (χ1n) is 7.07. The molecule has 0 bridgehead atoms. The zero-order valence-electron chi connectivity index (χ0n) is 11.8. The van der Waals surface area contributed by atoms with Crippen LogP contribution in [0.3, 0.4) is 0 Å². The third-order valence-corrected chi connectivity index (χ3v) is 5.79. The highest BCUT2D eigenvalue weighted by molar-refractivity contribution is 14.1. The van der Waals surface area contributed by atoms with Gasteiger partial charge in [0, 0.05) is 21.5 Å². The molecule has 0 N–H and O–H groups in total. The molecule has 0 amide bonds. The third-order valence-electron chi connectivity index (χ3n) is 3.61. The van der Waals surface area contributed by atoms with E-state index in [1.165, 1.54) is 0 Å². The predicted octanol–water partition coefficient (Wildman–Crippen LogP) is 5.79. The fourth-order valence-corrected chi connectivity index (χ4v) is 4.28. The molecule has 0 aromatic heterocycles. The van der Waals surface area contributed by atoms with Crippen LogP contribution >= 0.6 is 50.1 Å². The first kappa shape index (κ1) is 16.6. The number of hydrogen-bond acceptors (Lipinski definition) is 2. The van der Waals surface area contributed by atoms with E-state index in [-0.39, 0.29) is 10.0 Å². The van der Waals surface area contributed by atoms with Crippen LogP contribution in [-0.2, 0) is 4.74 Å². The molecule has 5 heteroatoms. The number of alkyl halides is 1. The molecular formula is C17H15BrClIO2. The molecule has 3 rings (SSSR count). The highest BCUT2D eigenvalue weighted by Crippen LogP contribution is 2.41. The summed E-state index contributed by atoms with van der Waals surface area (Å²) in [5, 5.41) is 0.778. The molecule has 2 atom stereocenters. The molecule has 0 saturated carbocycles. The molecule has 2 aromatic rings. The maximum Gasteiger partial charge on any atom is 0.125 e. The number of hydrogen-bond donors (Lipinski definition) is 0. The van der Waals surface area contributed by atoms with Crippen molar-refractivity contribution in [3.05, 3.63) is 63.1 Å². The standard InChI is InChI=1S/C17H15BrClIO2/c18-11-5-6-14(16(9-11)22-12-7-8-21-10-12)17(20)13-3-1-2-4-15(13)19/h1-6,9,12,17H,7-8,10H2. The van der Waals surface area contributed by atoms with Crippen LogP contribution < -0.4 is 4.74 Å². The van der Waals surface area contributed by atoms with Gasteiger partial charge in [-0.05, 0) is 23.8 Å². The molecule has 116 valence electrons. The van der Waals surface area contributed by atoms with Crippen LogP contribution in [0.4, 0.5) is 0 Å². The van der Waals surface area contributed by atoms with Crippen molar-refractivity contribution in [1.29, 1.82) is 0 Å². The summed E-state index contributed by atoms with van der Waals surface area (Å²) in [7, 11) is 0. The average Bonchev–Trinajstić information content (AvgIpc) is 3.00. The lowest BCUT2D eigenvalue weighted by molar-refractivity contribution is 0.140. The molecule has 0 aliphatic carbocycles. The molecule has 1 aliphatic heterocycles. The van der Waals surface area contributed by atoms with Crippen molar-refractivity contribution < 1.29 is 9.47 Å². The summed E-state index contributed by atoms with van der Waals surface area (Å²) < 4.78 is 12.7. The van der Waals surface area contributed by atoms with E-state index in [1.807, 2.05) is 30.3 Å². The fraction of sp³-hybridized carbons (Fsp3) is 0.294. The highest BCUT2D eigenvalue weighted by atomic mass is 127. The molecule has 1 saturated heterocycles. The molecular weight excluding hydrogens is 478 g/mol. The molecule has 2 unspecified atom stereocenters. The Labute approximate surface area is 157 Å². The van der Waals surface area contributed by atoms with Gasteiger partial charge < -0.3 is 9.47 Å². The normalized spacial score (nSPS) is 19.1. The molecule has 0 spiro atoms. The second kappa shape index (κ2) is 7.51.